The normalized spacial score (nSPS) is 10.5. The fraction of sp³-hybridized carbons (Fsp3) is 0.182. The fourth-order valence-corrected chi connectivity index (χ4v) is 1.69. The minimum absolute atomic E-state index is 0.530. The molecule has 2 rings (SSSR count). The molecule has 0 radical (unpaired) electrons. The van der Waals surface area contributed by atoms with E-state index in [1.807, 2.05) is 10.9 Å². The zero-order valence-corrected chi connectivity index (χ0v) is 10.0. The molecule has 0 spiro atoms. The first-order valence-electron chi connectivity index (χ1n) is 4.69. The lowest BCUT2D eigenvalue weighted by atomic mass is 10.1. The highest BCUT2D eigenvalue weighted by Gasteiger charge is 2.02. The van der Waals surface area contributed by atoms with Gasteiger partial charge in [0.25, 0.3) is 0 Å². The third kappa shape index (κ3) is 2.39. The van der Waals surface area contributed by atoms with E-state index in [4.69, 9.17) is 5.73 Å². The zero-order chi connectivity index (χ0) is 10.8. The van der Waals surface area contributed by atoms with Crippen molar-refractivity contribution in [2.45, 2.75) is 13.5 Å². The molecule has 0 saturated carbocycles. The van der Waals surface area contributed by atoms with Crippen molar-refractivity contribution in [3.8, 4) is 0 Å². The smallest absolute Gasteiger partial charge is 0.159 e. The van der Waals surface area contributed by atoms with Crippen molar-refractivity contribution >= 4 is 21.7 Å². The van der Waals surface area contributed by atoms with Gasteiger partial charge in [0.15, 0.2) is 5.82 Å². The van der Waals surface area contributed by atoms with E-state index >= 15 is 0 Å². The monoisotopic (exact) mass is 265 g/mol. The lowest BCUT2D eigenvalue weighted by Gasteiger charge is -2.01. The maximum Gasteiger partial charge on any atom is 0.159 e. The first-order chi connectivity index (χ1) is 7.15. The molecule has 0 amide bonds. The molecule has 0 saturated heterocycles. The molecule has 0 aliphatic heterocycles. The van der Waals surface area contributed by atoms with Gasteiger partial charge in [0.05, 0.1) is 11.0 Å². The van der Waals surface area contributed by atoms with Gasteiger partial charge in [0.1, 0.15) is 0 Å². The van der Waals surface area contributed by atoms with Crippen LogP contribution in [0.5, 0.6) is 0 Å². The molecule has 0 bridgehead atoms. The highest BCUT2D eigenvalue weighted by atomic mass is 79.9. The molecule has 15 heavy (non-hydrogen) atoms. The minimum atomic E-state index is 0.530. The number of hydrogen-bond acceptors (Lipinski definition) is 2. The van der Waals surface area contributed by atoms with Crippen LogP contribution in [-0.2, 0) is 6.54 Å². The lowest BCUT2D eigenvalue weighted by Crippen LogP contribution is -2.00. The number of benzene rings is 1. The van der Waals surface area contributed by atoms with Crippen molar-refractivity contribution in [1.82, 2.24) is 9.78 Å². The second-order valence-corrected chi connectivity index (χ2v) is 4.40. The molecule has 0 fully saturated rings. The molecule has 4 heteroatoms. The summed E-state index contributed by atoms with van der Waals surface area (Å²) in [5.74, 6) is 0.530. The van der Waals surface area contributed by atoms with Crippen molar-refractivity contribution in [2.75, 3.05) is 5.73 Å². The number of nitrogens with zero attached hydrogens (tertiary/aromatic N) is 2. The molecular weight excluding hydrogens is 254 g/mol. The summed E-state index contributed by atoms with van der Waals surface area (Å²) in [4.78, 5) is 0. The van der Waals surface area contributed by atoms with Gasteiger partial charge in [-0.3, -0.25) is 4.68 Å². The number of anilines is 1. The Labute approximate surface area is 97.0 Å². The summed E-state index contributed by atoms with van der Waals surface area (Å²) in [7, 11) is 0. The number of aromatic nitrogens is 2. The van der Waals surface area contributed by atoms with E-state index in [0.29, 0.717) is 5.82 Å². The molecular formula is C11H12BrN3. The first kappa shape index (κ1) is 10.2. The summed E-state index contributed by atoms with van der Waals surface area (Å²) in [6.07, 6.45) is 1.88. The Morgan fingerprint density at radius 1 is 1.33 bits per heavy atom. The highest BCUT2D eigenvalue weighted by Crippen LogP contribution is 2.17. The summed E-state index contributed by atoms with van der Waals surface area (Å²) < 4.78 is 2.67. The van der Waals surface area contributed by atoms with Gasteiger partial charge in [0, 0.05) is 6.20 Å². The molecule has 0 atom stereocenters. The Kier molecular flexibility index (Phi) is 2.77. The van der Waals surface area contributed by atoms with Gasteiger partial charge in [-0.2, -0.15) is 5.10 Å². The SMILES string of the molecule is Cc1ccc(Cn2cc(Br)c(N)n2)cc1. The van der Waals surface area contributed by atoms with Gasteiger partial charge >= 0.3 is 0 Å². The predicted molar refractivity (Wildman–Crippen MR) is 64.6 cm³/mol. The Balaban J connectivity index is 2.18. The van der Waals surface area contributed by atoms with Crippen LogP contribution in [0.4, 0.5) is 5.82 Å². The van der Waals surface area contributed by atoms with Crippen LogP contribution in [-0.4, -0.2) is 9.78 Å². The van der Waals surface area contributed by atoms with Crippen LogP contribution in [0.2, 0.25) is 0 Å². The average Bonchev–Trinajstić information content (AvgIpc) is 2.50. The Bertz CT molecular complexity index is 440. The molecule has 3 nitrogen and oxygen atoms in total. The molecule has 0 aliphatic carbocycles. The van der Waals surface area contributed by atoms with Crippen LogP contribution in [0.3, 0.4) is 0 Å². The average molecular weight is 266 g/mol. The third-order valence-electron chi connectivity index (χ3n) is 2.21. The molecule has 1 aromatic carbocycles. The molecule has 0 aliphatic rings. The van der Waals surface area contributed by atoms with Crippen molar-refractivity contribution in [3.63, 3.8) is 0 Å². The quantitative estimate of drug-likeness (QED) is 0.907. The standard InChI is InChI=1S/C11H12BrN3/c1-8-2-4-9(5-3-8)6-15-7-10(12)11(13)14-15/h2-5,7H,6H2,1H3,(H2,13,14). The Hall–Kier alpha value is -1.29. The maximum absolute atomic E-state index is 5.64. The van der Waals surface area contributed by atoms with Gasteiger partial charge in [-0.05, 0) is 28.4 Å². The van der Waals surface area contributed by atoms with Crippen LogP contribution in [0.25, 0.3) is 0 Å². The van der Waals surface area contributed by atoms with E-state index in [1.54, 1.807) is 0 Å². The number of rotatable bonds is 2. The van der Waals surface area contributed by atoms with Crippen LogP contribution in [0.15, 0.2) is 34.9 Å². The van der Waals surface area contributed by atoms with Gasteiger partial charge in [-0.25, -0.2) is 0 Å². The molecule has 2 aromatic rings. The Morgan fingerprint density at radius 3 is 2.53 bits per heavy atom. The van der Waals surface area contributed by atoms with Gasteiger partial charge < -0.3 is 5.73 Å². The summed E-state index contributed by atoms with van der Waals surface area (Å²) >= 11 is 3.33. The summed E-state index contributed by atoms with van der Waals surface area (Å²) in [6.45, 7) is 2.82. The van der Waals surface area contributed by atoms with Crippen LogP contribution in [0, 0.1) is 6.92 Å². The van der Waals surface area contributed by atoms with Gasteiger partial charge in [0.2, 0.25) is 0 Å². The number of nitrogen functional groups attached to an aromatic ring is 1. The number of nitrogens with two attached hydrogens (primary N) is 1. The largest absolute Gasteiger partial charge is 0.381 e. The molecule has 0 unspecified atom stereocenters. The van der Waals surface area contributed by atoms with Gasteiger partial charge in [-0.1, -0.05) is 29.8 Å². The van der Waals surface area contributed by atoms with E-state index in [1.165, 1.54) is 11.1 Å². The third-order valence-corrected chi connectivity index (χ3v) is 2.82. The Morgan fingerprint density at radius 2 is 2.00 bits per heavy atom. The summed E-state index contributed by atoms with van der Waals surface area (Å²) in [6, 6.07) is 8.39. The second-order valence-electron chi connectivity index (χ2n) is 3.55. The maximum atomic E-state index is 5.64. The van der Waals surface area contributed by atoms with E-state index in [2.05, 4.69) is 52.2 Å². The second kappa shape index (κ2) is 4.06. The number of halogens is 1. The number of hydrogen-bond donors (Lipinski definition) is 1. The van der Waals surface area contributed by atoms with Crippen molar-refractivity contribution in [2.24, 2.45) is 0 Å². The number of aryl methyl sites for hydroxylation is 1. The van der Waals surface area contributed by atoms with Crippen molar-refractivity contribution < 1.29 is 0 Å². The molecule has 1 heterocycles. The topological polar surface area (TPSA) is 43.8 Å². The molecule has 1 aromatic heterocycles. The van der Waals surface area contributed by atoms with E-state index < -0.39 is 0 Å². The van der Waals surface area contributed by atoms with Crippen LogP contribution < -0.4 is 5.73 Å². The highest BCUT2D eigenvalue weighted by molar-refractivity contribution is 9.10. The molecule has 2 N–H and O–H groups in total. The lowest BCUT2D eigenvalue weighted by molar-refractivity contribution is 0.690. The van der Waals surface area contributed by atoms with Crippen molar-refractivity contribution in [3.05, 3.63) is 46.1 Å². The summed E-state index contributed by atoms with van der Waals surface area (Å²) in [5.41, 5.74) is 8.12. The zero-order valence-electron chi connectivity index (χ0n) is 8.44. The van der Waals surface area contributed by atoms with Crippen molar-refractivity contribution in [1.29, 1.82) is 0 Å². The molecule has 78 valence electrons. The van der Waals surface area contributed by atoms with Crippen LogP contribution >= 0.6 is 15.9 Å². The first-order valence-corrected chi connectivity index (χ1v) is 5.48. The fourth-order valence-electron chi connectivity index (χ4n) is 1.37. The minimum Gasteiger partial charge on any atom is -0.381 e. The summed E-state index contributed by atoms with van der Waals surface area (Å²) in [5, 5.41) is 4.18. The van der Waals surface area contributed by atoms with E-state index in [0.717, 1.165) is 11.0 Å². The van der Waals surface area contributed by atoms with Gasteiger partial charge in [-0.15, -0.1) is 0 Å². The van der Waals surface area contributed by atoms with E-state index in [9.17, 15) is 0 Å². The van der Waals surface area contributed by atoms with E-state index in [-0.39, 0.29) is 0 Å². The predicted octanol–water partition coefficient (Wildman–Crippen LogP) is 2.58. The van der Waals surface area contributed by atoms with Crippen LogP contribution in [0.1, 0.15) is 11.1 Å².